The second-order valence-corrected chi connectivity index (χ2v) is 6.92. The summed E-state index contributed by atoms with van der Waals surface area (Å²) in [6.07, 6.45) is 2.91. The number of benzene rings is 1. The maximum absolute atomic E-state index is 13.8. The number of rotatable bonds is 3. The summed E-state index contributed by atoms with van der Waals surface area (Å²) in [4.78, 5) is 26.7. The highest BCUT2D eigenvalue weighted by Gasteiger charge is 2.27. The first kappa shape index (κ1) is 17.7. The quantitative estimate of drug-likeness (QED) is 0.849. The molecule has 0 atom stereocenters. The molecule has 1 aromatic heterocycles. The van der Waals surface area contributed by atoms with Gasteiger partial charge in [-0.2, -0.15) is 5.10 Å². The molecule has 0 aliphatic carbocycles. The van der Waals surface area contributed by atoms with E-state index in [0.717, 1.165) is 18.8 Å². The second kappa shape index (κ2) is 7.48. The summed E-state index contributed by atoms with van der Waals surface area (Å²) in [5, 5.41) is 10.6. The summed E-state index contributed by atoms with van der Waals surface area (Å²) in [5.41, 5.74) is 1.61. The molecule has 2 aromatic rings. The average molecular weight is 371 g/mol. The van der Waals surface area contributed by atoms with Crippen molar-refractivity contribution in [2.24, 2.45) is 0 Å². The van der Waals surface area contributed by atoms with Crippen LogP contribution in [0.25, 0.3) is 0 Å². The van der Waals surface area contributed by atoms with Crippen molar-refractivity contribution in [1.82, 2.24) is 25.3 Å². The number of carbonyl (C=O) groups excluding carboxylic acids is 2. The average Bonchev–Trinajstić information content (AvgIpc) is 3.13. The van der Waals surface area contributed by atoms with Gasteiger partial charge < -0.3 is 15.5 Å². The number of fused-ring (bicyclic) bond motifs is 1. The molecule has 2 N–H and O–H groups in total. The van der Waals surface area contributed by atoms with Gasteiger partial charge in [0.25, 0.3) is 11.8 Å². The van der Waals surface area contributed by atoms with Crippen LogP contribution in [-0.2, 0) is 13.1 Å². The number of aromatic nitrogens is 2. The third-order valence-electron chi connectivity index (χ3n) is 5.21. The van der Waals surface area contributed by atoms with Crippen LogP contribution in [-0.4, -0.2) is 52.2 Å². The molecule has 4 rings (SSSR count). The van der Waals surface area contributed by atoms with Crippen molar-refractivity contribution in [3.05, 3.63) is 53.1 Å². The van der Waals surface area contributed by atoms with Gasteiger partial charge in [-0.05, 0) is 25.0 Å². The molecule has 2 aliphatic rings. The number of hydrogen-bond donors (Lipinski definition) is 2. The van der Waals surface area contributed by atoms with E-state index in [4.69, 9.17) is 0 Å². The predicted molar refractivity (Wildman–Crippen MR) is 96.7 cm³/mol. The summed E-state index contributed by atoms with van der Waals surface area (Å²) >= 11 is 0. The molecule has 0 bridgehead atoms. The Morgan fingerprint density at radius 2 is 1.93 bits per heavy atom. The monoisotopic (exact) mass is 371 g/mol. The van der Waals surface area contributed by atoms with Crippen molar-refractivity contribution >= 4 is 11.8 Å². The molecule has 2 aliphatic heterocycles. The maximum Gasteiger partial charge on any atom is 0.256 e. The summed E-state index contributed by atoms with van der Waals surface area (Å²) < 4.78 is 15.7. The molecule has 0 radical (unpaired) electrons. The summed E-state index contributed by atoms with van der Waals surface area (Å²) in [5.74, 6) is -0.925. The number of carbonyl (C=O) groups is 2. The fraction of sp³-hybridized carbons (Fsp3) is 0.421. The lowest BCUT2D eigenvalue weighted by Gasteiger charge is -2.32. The van der Waals surface area contributed by atoms with Gasteiger partial charge in [-0.3, -0.25) is 14.3 Å². The number of hydrogen-bond acceptors (Lipinski definition) is 4. The number of piperidine rings is 1. The number of nitrogens with zero attached hydrogens (tertiary/aromatic N) is 3. The number of halogens is 1. The topological polar surface area (TPSA) is 79.3 Å². The van der Waals surface area contributed by atoms with Gasteiger partial charge >= 0.3 is 0 Å². The van der Waals surface area contributed by atoms with Gasteiger partial charge in [-0.1, -0.05) is 12.1 Å². The van der Waals surface area contributed by atoms with Crippen LogP contribution in [0.3, 0.4) is 0 Å². The van der Waals surface area contributed by atoms with Crippen molar-refractivity contribution in [1.29, 1.82) is 0 Å². The van der Waals surface area contributed by atoms with Crippen LogP contribution in [0.15, 0.2) is 30.5 Å². The molecule has 0 saturated carbocycles. The van der Waals surface area contributed by atoms with Crippen LogP contribution < -0.4 is 10.6 Å². The van der Waals surface area contributed by atoms with E-state index in [1.807, 2.05) is 4.68 Å². The van der Waals surface area contributed by atoms with Crippen molar-refractivity contribution < 1.29 is 14.0 Å². The van der Waals surface area contributed by atoms with E-state index in [1.54, 1.807) is 23.2 Å². The third kappa shape index (κ3) is 3.57. The van der Waals surface area contributed by atoms with Crippen LogP contribution in [0.5, 0.6) is 0 Å². The highest BCUT2D eigenvalue weighted by Crippen LogP contribution is 2.17. The van der Waals surface area contributed by atoms with Crippen LogP contribution >= 0.6 is 0 Å². The fourth-order valence-electron chi connectivity index (χ4n) is 3.67. The van der Waals surface area contributed by atoms with Crippen LogP contribution in [0.1, 0.15) is 39.3 Å². The second-order valence-electron chi connectivity index (χ2n) is 6.92. The predicted octanol–water partition coefficient (Wildman–Crippen LogP) is 1.16. The lowest BCUT2D eigenvalue weighted by molar-refractivity contribution is 0.0693. The SMILES string of the molecule is O=C(NC1CCN(C(=O)c2ccccc2F)CC1)c1cnn2c1CNCC2. The normalized spacial score (nSPS) is 17.4. The van der Waals surface area contributed by atoms with Crippen molar-refractivity contribution in [2.45, 2.75) is 32.0 Å². The molecule has 1 aromatic carbocycles. The minimum absolute atomic E-state index is 0.00531. The highest BCUT2D eigenvalue weighted by atomic mass is 19.1. The van der Waals surface area contributed by atoms with Gasteiger partial charge in [0.1, 0.15) is 5.82 Å². The van der Waals surface area contributed by atoms with Crippen LogP contribution in [0.2, 0.25) is 0 Å². The molecule has 0 spiro atoms. The Kier molecular flexibility index (Phi) is 4.89. The molecular formula is C19H22FN5O2. The number of nitrogens with one attached hydrogen (secondary N) is 2. The molecular weight excluding hydrogens is 349 g/mol. The van der Waals surface area contributed by atoms with Crippen molar-refractivity contribution in [2.75, 3.05) is 19.6 Å². The minimum atomic E-state index is -0.502. The van der Waals surface area contributed by atoms with Crippen LogP contribution in [0.4, 0.5) is 4.39 Å². The zero-order chi connectivity index (χ0) is 18.8. The van der Waals surface area contributed by atoms with Gasteiger partial charge in [0.15, 0.2) is 0 Å². The lowest BCUT2D eigenvalue weighted by atomic mass is 10.0. The Bertz CT molecular complexity index is 858. The molecule has 0 unspecified atom stereocenters. The molecule has 27 heavy (non-hydrogen) atoms. The lowest BCUT2D eigenvalue weighted by Crippen LogP contribution is -2.47. The van der Waals surface area contributed by atoms with E-state index in [-0.39, 0.29) is 23.4 Å². The first-order chi connectivity index (χ1) is 13.1. The zero-order valence-corrected chi connectivity index (χ0v) is 14.9. The maximum atomic E-state index is 13.8. The van der Waals surface area contributed by atoms with Gasteiger partial charge in [-0.25, -0.2) is 4.39 Å². The highest BCUT2D eigenvalue weighted by molar-refractivity contribution is 5.96. The standard InChI is InChI=1S/C19H22FN5O2/c20-16-4-2-1-3-14(16)19(27)24-8-5-13(6-9-24)23-18(26)15-11-22-25-10-7-21-12-17(15)25/h1-4,11,13,21H,5-10,12H2,(H,23,26). The minimum Gasteiger partial charge on any atom is -0.349 e. The molecule has 2 amide bonds. The molecule has 3 heterocycles. The van der Waals surface area contributed by atoms with E-state index in [1.165, 1.54) is 12.1 Å². The number of likely N-dealkylation sites (tertiary alicyclic amines) is 1. The zero-order valence-electron chi connectivity index (χ0n) is 14.9. The molecule has 7 nitrogen and oxygen atoms in total. The van der Waals surface area contributed by atoms with Crippen molar-refractivity contribution in [3.8, 4) is 0 Å². The van der Waals surface area contributed by atoms with Gasteiger partial charge in [-0.15, -0.1) is 0 Å². The first-order valence-corrected chi connectivity index (χ1v) is 9.23. The van der Waals surface area contributed by atoms with Gasteiger partial charge in [0.05, 0.1) is 29.6 Å². The Labute approximate surface area is 156 Å². The van der Waals surface area contributed by atoms with Crippen LogP contribution in [0, 0.1) is 5.82 Å². The number of amides is 2. The third-order valence-corrected chi connectivity index (χ3v) is 5.21. The van der Waals surface area contributed by atoms with E-state index < -0.39 is 5.82 Å². The first-order valence-electron chi connectivity index (χ1n) is 9.23. The molecule has 142 valence electrons. The summed E-state index contributed by atoms with van der Waals surface area (Å²) in [6, 6.07) is 6.02. The Balaban J connectivity index is 1.34. The largest absolute Gasteiger partial charge is 0.349 e. The molecule has 1 saturated heterocycles. The van der Waals surface area contributed by atoms with E-state index in [0.29, 0.717) is 38.0 Å². The Morgan fingerprint density at radius 3 is 2.70 bits per heavy atom. The van der Waals surface area contributed by atoms with Gasteiger partial charge in [0, 0.05) is 32.2 Å². The van der Waals surface area contributed by atoms with E-state index >= 15 is 0 Å². The Morgan fingerprint density at radius 1 is 1.15 bits per heavy atom. The molecule has 1 fully saturated rings. The van der Waals surface area contributed by atoms with E-state index in [9.17, 15) is 14.0 Å². The summed E-state index contributed by atoms with van der Waals surface area (Å²) in [7, 11) is 0. The van der Waals surface area contributed by atoms with Crippen molar-refractivity contribution in [3.63, 3.8) is 0 Å². The smallest absolute Gasteiger partial charge is 0.256 e. The molecule has 8 heteroatoms. The van der Waals surface area contributed by atoms with Gasteiger partial charge in [0.2, 0.25) is 0 Å². The van der Waals surface area contributed by atoms with E-state index in [2.05, 4.69) is 15.7 Å². The fourth-order valence-corrected chi connectivity index (χ4v) is 3.67. The Hall–Kier alpha value is -2.74. The summed E-state index contributed by atoms with van der Waals surface area (Å²) in [6.45, 7) is 3.24.